The number of aliphatic hydroxyl groups excluding tert-OH is 1. The lowest BCUT2D eigenvalue weighted by molar-refractivity contribution is -0.141. The number of likely N-dealkylation sites (tertiary alicyclic amines) is 1. The predicted octanol–water partition coefficient (Wildman–Crippen LogP) is 0.993. The number of urea groups is 1. The Bertz CT molecular complexity index is 344. The summed E-state index contributed by atoms with van der Waals surface area (Å²) in [7, 11) is 0. The van der Waals surface area contributed by atoms with Crippen LogP contribution >= 0.6 is 0 Å². The van der Waals surface area contributed by atoms with E-state index in [1.807, 2.05) is 27.7 Å². The van der Waals surface area contributed by atoms with Gasteiger partial charge < -0.3 is 20.0 Å². The topological polar surface area (TPSA) is 81.1 Å². The average molecular weight is 272 g/mol. The highest BCUT2D eigenvalue weighted by Gasteiger charge is 2.41. The van der Waals surface area contributed by atoms with Crippen LogP contribution in [0.4, 0.5) is 4.79 Å². The van der Waals surface area contributed by atoms with Crippen LogP contribution in [0.5, 0.6) is 0 Å². The summed E-state index contributed by atoms with van der Waals surface area (Å²) in [5, 5.41) is 18.7. The van der Waals surface area contributed by atoms with Gasteiger partial charge in [-0.25, -0.2) is 9.59 Å². The van der Waals surface area contributed by atoms with E-state index in [1.165, 1.54) is 4.90 Å². The fourth-order valence-corrected chi connectivity index (χ4v) is 2.33. The molecule has 0 unspecified atom stereocenters. The zero-order chi connectivity index (χ0) is 14.7. The van der Waals surface area contributed by atoms with E-state index in [4.69, 9.17) is 5.11 Å². The highest BCUT2D eigenvalue weighted by molar-refractivity contribution is 5.83. The minimum atomic E-state index is -1.06. The highest BCUT2D eigenvalue weighted by Crippen LogP contribution is 2.21. The summed E-state index contributed by atoms with van der Waals surface area (Å²) in [4.78, 5) is 26.6. The number of carboxylic acid groups (broad SMARTS) is 1. The van der Waals surface area contributed by atoms with Crippen LogP contribution in [0.25, 0.3) is 0 Å². The summed E-state index contributed by atoms with van der Waals surface area (Å²) >= 11 is 0. The number of carboxylic acids is 1. The molecule has 0 spiro atoms. The molecule has 0 aliphatic carbocycles. The number of hydrogen-bond acceptors (Lipinski definition) is 3. The molecule has 2 amide bonds. The number of hydrogen-bond donors (Lipinski definition) is 2. The van der Waals surface area contributed by atoms with Gasteiger partial charge in [0.05, 0.1) is 6.10 Å². The van der Waals surface area contributed by atoms with Crippen molar-refractivity contribution in [3.8, 4) is 0 Å². The Morgan fingerprint density at radius 3 is 2.32 bits per heavy atom. The first-order valence-corrected chi connectivity index (χ1v) is 6.72. The van der Waals surface area contributed by atoms with Gasteiger partial charge in [0.1, 0.15) is 6.04 Å². The van der Waals surface area contributed by atoms with Crippen LogP contribution in [0.1, 0.15) is 34.1 Å². The van der Waals surface area contributed by atoms with Gasteiger partial charge in [0.2, 0.25) is 0 Å². The van der Waals surface area contributed by atoms with Crippen LogP contribution in [-0.2, 0) is 4.79 Å². The summed E-state index contributed by atoms with van der Waals surface area (Å²) in [6.07, 6.45) is -0.646. The van der Waals surface area contributed by atoms with E-state index < -0.39 is 18.1 Å². The van der Waals surface area contributed by atoms with Crippen LogP contribution in [0, 0.1) is 5.92 Å². The number of rotatable bonds is 4. The Labute approximate surface area is 114 Å². The normalized spacial score (nSPS) is 23.2. The first kappa shape index (κ1) is 15.8. The van der Waals surface area contributed by atoms with Crippen LogP contribution in [0.3, 0.4) is 0 Å². The third-order valence-corrected chi connectivity index (χ3v) is 3.24. The highest BCUT2D eigenvalue weighted by atomic mass is 16.4. The molecule has 0 saturated carbocycles. The molecule has 1 fully saturated rings. The molecular weight excluding hydrogens is 248 g/mol. The summed E-state index contributed by atoms with van der Waals surface area (Å²) < 4.78 is 0. The number of carbonyl (C=O) groups is 2. The minimum absolute atomic E-state index is 0.00193. The van der Waals surface area contributed by atoms with Gasteiger partial charge in [0, 0.05) is 25.6 Å². The molecule has 6 heteroatoms. The molecule has 1 aliphatic rings. The van der Waals surface area contributed by atoms with Gasteiger partial charge in [0.15, 0.2) is 0 Å². The molecule has 2 atom stereocenters. The zero-order valence-electron chi connectivity index (χ0n) is 12.0. The number of carbonyl (C=O) groups excluding carboxylic acids is 1. The Hall–Kier alpha value is -1.30. The SMILES string of the molecule is CC(C)CN(C(=O)N1C[C@H](O)C[C@@H]1C(=O)O)C(C)C. The molecule has 0 aromatic carbocycles. The van der Waals surface area contributed by atoms with Crippen LogP contribution in [-0.4, -0.2) is 63.3 Å². The molecule has 0 aromatic rings. The van der Waals surface area contributed by atoms with Crippen molar-refractivity contribution in [1.82, 2.24) is 9.80 Å². The molecule has 0 radical (unpaired) electrons. The van der Waals surface area contributed by atoms with E-state index in [1.54, 1.807) is 4.90 Å². The summed E-state index contributed by atoms with van der Waals surface area (Å²) in [5.41, 5.74) is 0. The summed E-state index contributed by atoms with van der Waals surface area (Å²) in [6.45, 7) is 8.50. The number of β-amino-alcohol motifs (C(OH)–C–C–N with tert-alkyl or cyclic N) is 1. The monoisotopic (exact) mass is 272 g/mol. The molecule has 1 rings (SSSR count). The lowest BCUT2D eigenvalue weighted by Crippen LogP contribution is -2.51. The van der Waals surface area contributed by atoms with Crippen molar-refractivity contribution < 1.29 is 19.8 Å². The summed E-state index contributed by atoms with van der Waals surface area (Å²) in [6, 6.07) is -1.22. The van der Waals surface area contributed by atoms with Gasteiger partial charge in [-0.05, 0) is 19.8 Å². The van der Waals surface area contributed by atoms with Crippen molar-refractivity contribution in [2.45, 2.75) is 52.3 Å². The fraction of sp³-hybridized carbons (Fsp3) is 0.846. The Balaban J connectivity index is 2.86. The standard InChI is InChI=1S/C13H24N2O4/c1-8(2)6-14(9(3)4)13(19)15-7-10(16)5-11(15)12(17)18/h8-11,16H,5-7H2,1-4H3,(H,17,18)/t10-,11-/m1/s1. The molecular formula is C13H24N2O4. The molecule has 19 heavy (non-hydrogen) atoms. The van der Waals surface area contributed by atoms with Gasteiger partial charge in [-0.15, -0.1) is 0 Å². The van der Waals surface area contributed by atoms with Crippen molar-refractivity contribution in [3.63, 3.8) is 0 Å². The maximum atomic E-state index is 12.5. The maximum absolute atomic E-state index is 12.5. The van der Waals surface area contributed by atoms with E-state index >= 15 is 0 Å². The largest absolute Gasteiger partial charge is 0.480 e. The molecule has 0 bridgehead atoms. The minimum Gasteiger partial charge on any atom is -0.480 e. The molecule has 110 valence electrons. The zero-order valence-corrected chi connectivity index (χ0v) is 12.0. The van der Waals surface area contributed by atoms with Crippen LogP contribution in [0.15, 0.2) is 0 Å². The van der Waals surface area contributed by atoms with Gasteiger partial charge in [-0.3, -0.25) is 0 Å². The third kappa shape index (κ3) is 3.83. The third-order valence-electron chi connectivity index (χ3n) is 3.24. The van der Waals surface area contributed by atoms with E-state index in [0.29, 0.717) is 12.5 Å². The molecule has 1 saturated heterocycles. The Morgan fingerprint density at radius 2 is 1.89 bits per heavy atom. The lowest BCUT2D eigenvalue weighted by atomic mass is 10.2. The van der Waals surface area contributed by atoms with Gasteiger partial charge in [0.25, 0.3) is 0 Å². The predicted molar refractivity (Wildman–Crippen MR) is 70.8 cm³/mol. The second kappa shape index (κ2) is 6.23. The van der Waals surface area contributed by atoms with Crippen molar-refractivity contribution in [3.05, 3.63) is 0 Å². The van der Waals surface area contributed by atoms with E-state index in [9.17, 15) is 14.7 Å². The first-order valence-electron chi connectivity index (χ1n) is 6.72. The average Bonchev–Trinajstić information content (AvgIpc) is 2.67. The molecule has 2 N–H and O–H groups in total. The molecule has 0 aromatic heterocycles. The van der Waals surface area contributed by atoms with E-state index in [-0.39, 0.29) is 25.0 Å². The number of aliphatic carboxylic acids is 1. The second-order valence-corrected chi connectivity index (χ2v) is 5.82. The van der Waals surface area contributed by atoms with Crippen molar-refractivity contribution in [1.29, 1.82) is 0 Å². The first-order chi connectivity index (χ1) is 8.73. The number of nitrogens with zero attached hydrogens (tertiary/aromatic N) is 2. The Kier molecular flexibility index (Phi) is 5.17. The molecule has 1 aliphatic heterocycles. The molecule has 1 heterocycles. The smallest absolute Gasteiger partial charge is 0.326 e. The van der Waals surface area contributed by atoms with E-state index in [2.05, 4.69) is 0 Å². The Morgan fingerprint density at radius 1 is 1.32 bits per heavy atom. The second-order valence-electron chi connectivity index (χ2n) is 5.82. The molecule has 6 nitrogen and oxygen atoms in total. The lowest BCUT2D eigenvalue weighted by Gasteiger charge is -2.34. The van der Waals surface area contributed by atoms with Gasteiger partial charge in [-0.2, -0.15) is 0 Å². The van der Waals surface area contributed by atoms with Crippen LogP contribution < -0.4 is 0 Å². The maximum Gasteiger partial charge on any atom is 0.326 e. The summed E-state index contributed by atoms with van der Waals surface area (Å²) in [5.74, 6) is -0.750. The number of aliphatic hydroxyl groups is 1. The van der Waals surface area contributed by atoms with Crippen molar-refractivity contribution in [2.75, 3.05) is 13.1 Å². The van der Waals surface area contributed by atoms with Crippen LogP contribution in [0.2, 0.25) is 0 Å². The quantitative estimate of drug-likeness (QED) is 0.799. The van der Waals surface area contributed by atoms with Crippen molar-refractivity contribution >= 4 is 12.0 Å². The van der Waals surface area contributed by atoms with Gasteiger partial charge in [-0.1, -0.05) is 13.8 Å². The van der Waals surface area contributed by atoms with E-state index in [0.717, 1.165) is 0 Å². The number of amides is 2. The fourth-order valence-electron chi connectivity index (χ4n) is 2.33. The van der Waals surface area contributed by atoms with Crippen molar-refractivity contribution in [2.24, 2.45) is 5.92 Å². The van der Waals surface area contributed by atoms with Gasteiger partial charge >= 0.3 is 12.0 Å².